The third kappa shape index (κ3) is 2.94. The molecule has 0 aliphatic carbocycles. The molecule has 8 heteroatoms. The maximum absolute atomic E-state index is 11.1. The van der Waals surface area contributed by atoms with Gasteiger partial charge < -0.3 is 9.47 Å². The molecule has 0 aromatic heterocycles. The summed E-state index contributed by atoms with van der Waals surface area (Å²) in [6.45, 7) is 0.0517. The van der Waals surface area contributed by atoms with Crippen molar-refractivity contribution >= 4 is 29.2 Å². The lowest BCUT2D eigenvalue weighted by Crippen LogP contribution is -1.97. The van der Waals surface area contributed by atoms with E-state index in [4.69, 9.17) is 21.1 Å². The average molecular weight is 320 g/mol. The number of hydrogen-bond donors (Lipinski definition) is 1. The van der Waals surface area contributed by atoms with Gasteiger partial charge in [-0.25, -0.2) is 0 Å². The van der Waals surface area contributed by atoms with Gasteiger partial charge in [0.2, 0.25) is 6.79 Å². The van der Waals surface area contributed by atoms with Gasteiger partial charge in [-0.15, -0.1) is 0 Å². The van der Waals surface area contributed by atoms with Crippen LogP contribution in [0.15, 0.2) is 41.5 Å². The summed E-state index contributed by atoms with van der Waals surface area (Å²) in [6, 6.07) is 9.76. The Balaban J connectivity index is 1.83. The Hall–Kier alpha value is -2.80. The van der Waals surface area contributed by atoms with Crippen molar-refractivity contribution in [2.24, 2.45) is 5.10 Å². The van der Waals surface area contributed by atoms with E-state index in [2.05, 4.69) is 10.5 Å². The van der Waals surface area contributed by atoms with Crippen molar-refractivity contribution in [3.05, 3.63) is 57.1 Å². The van der Waals surface area contributed by atoms with E-state index in [1.807, 2.05) is 0 Å². The van der Waals surface area contributed by atoms with E-state index in [0.29, 0.717) is 27.8 Å². The predicted octanol–water partition coefficient (Wildman–Crippen LogP) is 3.42. The van der Waals surface area contributed by atoms with Gasteiger partial charge >= 0.3 is 0 Å². The number of hydrazone groups is 1. The van der Waals surface area contributed by atoms with Crippen LogP contribution in [0.2, 0.25) is 5.02 Å². The van der Waals surface area contributed by atoms with Crippen LogP contribution >= 0.6 is 11.6 Å². The number of fused-ring (bicyclic) bond motifs is 1. The zero-order chi connectivity index (χ0) is 15.5. The van der Waals surface area contributed by atoms with Gasteiger partial charge in [0.1, 0.15) is 0 Å². The second-order valence-corrected chi connectivity index (χ2v) is 4.83. The summed E-state index contributed by atoms with van der Waals surface area (Å²) in [7, 11) is 0. The first kappa shape index (κ1) is 14.2. The Labute approximate surface area is 130 Å². The van der Waals surface area contributed by atoms with Gasteiger partial charge in [0.15, 0.2) is 11.5 Å². The first-order chi connectivity index (χ1) is 10.6. The van der Waals surface area contributed by atoms with Crippen LogP contribution in [-0.4, -0.2) is 17.9 Å². The summed E-state index contributed by atoms with van der Waals surface area (Å²) >= 11 is 5.78. The predicted molar refractivity (Wildman–Crippen MR) is 81.9 cm³/mol. The minimum Gasteiger partial charge on any atom is -0.454 e. The number of halogens is 1. The summed E-state index contributed by atoms with van der Waals surface area (Å²) in [5, 5.41) is 15.7. The van der Waals surface area contributed by atoms with E-state index < -0.39 is 4.92 Å². The fraction of sp³-hybridized carbons (Fsp3) is 0.0714. The number of rotatable bonds is 4. The monoisotopic (exact) mass is 319 g/mol. The van der Waals surface area contributed by atoms with E-state index in [-0.39, 0.29) is 12.5 Å². The highest BCUT2D eigenvalue weighted by Crippen LogP contribution is 2.37. The maximum atomic E-state index is 11.1. The molecule has 0 bridgehead atoms. The molecule has 2 aromatic carbocycles. The number of nitro benzene ring substituents is 1. The number of hydrogen-bond acceptors (Lipinski definition) is 6. The Morgan fingerprint density at radius 3 is 2.59 bits per heavy atom. The van der Waals surface area contributed by atoms with E-state index in [1.54, 1.807) is 24.3 Å². The fourth-order valence-corrected chi connectivity index (χ4v) is 2.04. The number of nitrogens with one attached hydrogen (secondary N) is 1. The van der Waals surface area contributed by atoms with Crippen molar-refractivity contribution in [2.45, 2.75) is 0 Å². The van der Waals surface area contributed by atoms with Gasteiger partial charge in [0, 0.05) is 5.02 Å². The van der Waals surface area contributed by atoms with E-state index in [9.17, 15) is 10.1 Å². The zero-order valence-corrected chi connectivity index (χ0v) is 11.9. The number of nitrogens with zero attached hydrogens (tertiary/aromatic N) is 2. The summed E-state index contributed by atoms with van der Waals surface area (Å²) < 4.78 is 10.3. The van der Waals surface area contributed by atoms with Crippen molar-refractivity contribution in [1.29, 1.82) is 0 Å². The second-order valence-electron chi connectivity index (χ2n) is 4.40. The normalized spacial score (nSPS) is 12.6. The molecular weight excluding hydrogens is 310 g/mol. The largest absolute Gasteiger partial charge is 0.454 e. The third-order valence-electron chi connectivity index (χ3n) is 2.96. The molecule has 1 N–H and O–H groups in total. The van der Waals surface area contributed by atoms with Crippen LogP contribution < -0.4 is 14.9 Å². The van der Waals surface area contributed by atoms with E-state index in [0.717, 1.165) is 0 Å². The van der Waals surface area contributed by atoms with Crippen LogP contribution in [0.3, 0.4) is 0 Å². The molecule has 2 aromatic rings. The van der Waals surface area contributed by atoms with Crippen LogP contribution in [0.25, 0.3) is 0 Å². The van der Waals surface area contributed by atoms with Crippen molar-refractivity contribution in [3.8, 4) is 11.5 Å². The quantitative estimate of drug-likeness (QED) is 0.530. The van der Waals surface area contributed by atoms with Crippen LogP contribution in [0.1, 0.15) is 5.56 Å². The van der Waals surface area contributed by atoms with Crippen molar-refractivity contribution in [3.63, 3.8) is 0 Å². The highest BCUT2D eigenvalue weighted by Gasteiger charge is 2.22. The van der Waals surface area contributed by atoms with Crippen LogP contribution in [0, 0.1) is 10.1 Å². The molecule has 112 valence electrons. The van der Waals surface area contributed by atoms with E-state index in [1.165, 1.54) is 18.3 Å². The van der Waals surface area contributed by atoms with Gasteiger partial charge in [-0.2, -0.15) is 5.10 Å². The molecule has 0 atom stereocenters. The first-order valence-electron chi connectivity index (χ1n) is 6.26. The van der Waals surface area contributed by atoms with Gasteiger partial charge in [0.05, 0.1) is 28.5 Å². The molecule has 1 aliphatic heterocycles. The smallest absolute Gasteiger partial charge is 0.282 e. The lowest BCUT2D eigenvalue weighted by molar-refractivity contribution is -0.385. The molecule has 0 fully saturated rings. The molecule has 1 heterocycles. The Morgan fingerprint density at radius 2 is 1.91 bits per heavy atom. The minimum absolute atomic E-state index is 0.0517. The Bertz CT molecular complexity index is 746. The Kier molecular flexibility index (Phi) is 3.80. The SMILES string of the molecule is O=[N+]([O-])c1cc2c(cc1/C=N/Nc1ccc(Cl)cc1)OCO2. The zero-order valence-electron chi connectivity index (χ0n) is 11.2. The molecule has 3 rings (SSSR count). The molecule has 0 unspecified atom stereocenters. The molecule has 0 saturated carbocycles. The van der Waals surface area contributed by atoms with Crippen molar-refractivity contribution in [2.75, 3.05) is 12.2 Å². The molecule has 0 radical (unpaired) electrons. The van der Waals surface area contributed by atoms with Gasteiger partial charge in [-0.1, -0.05) is 11.6 Å². The summed E-state index contributed by atoms with van der Waals surface area (Å²) in [4.78, 5) is 10.6. The topological polar surface area (TPSA) is 86.0 Å². The highest BCUT2D eigenvalue weighted by atomic mass is 35.5. The van der Waals surface area contributed by atoms with Crippen LogP contribution in [0.5, 0.6) is 11.5 Å². The molecule has 22 heavy (non-hydrogen) atoms. The molecule has 0 spiro atoms. The molecule has 0 amide bonds. The fourth-order valence-electron chi connectivity index (χ4n) is 1.91. The van der Waals surface area contributed by atoms with Crippen LogP contribution in [-0.2, 0) is 0 Å². The number of nitro groups is 1. The molecule has 0 saturated heterocycles. The lowest BCUT2D eigenvalue weighted by atomic mass is 10.1. The summed E-state index contributed by atoms with van der Waals surface area (Å²) in [5.74, 6) is 0.813. The number of benzene rings is 2. The van der Waals surface area contributed by atoms with Crippen molar-refractivity contribution in [1.82, 2.24) is 0 Å². The summed E-state index contributed by atoms with van der Waals surface area (Å²) in [6.07, 6.45) is 1.36. The standard InChI is InChI=1S/C14H10ClN3O4/c15-10-1-3-11(4-2-10)17-16-7-9-5-13-14(22-8-21-13)6-12(9)18(19)20/h1-7,17H,8H2/b16-7+. The van der Waals surface area contributed by atoms with Gasteiger partial charge in [-0.05, 0) is 30.3 Å². The molecule has 1 aliphatic rings. The molecule has 7 nitrogen and oxygen atoms in total. The summed E-state index contributed by atoms with van der Waals surface area (Å²) in [5.41, 5.74) is 3.69. The molecular formula is C14H10ClN3O4. The van der Waals surface area contributed by atoms with Crippen molar-refractivity contribution < 1.29 is 14.4 Å². The Morgan fingerprint density at radius 1 is 1.23 bits per heavy atom. The van der Waals surface area contributed by atoms with Crippen LogP contribution in [0.4, 0.5) is 11.4 Å². The number of anilines is 1. The van der Waals surface area contributed by atoms with Gasteiger partial charge in [-0.3, -0.25) is 15.5 Å². The average Bonchev–Trinajstić information content (AvgIpc) is 2.95. The highest BCUT2D eigenvalue weighted by molar-refractivity contribution is 6.30. The first-order valence-corrected chi connectivity index (χ1v) is 6.64. The lowest BCUT2D eigenvalue weighted by Gasteiger charge is -2.02. The minimum atomic E-state index is -0.494. The number of ether oxygens (including phenoxy) is 2. The third-order valence-corrected chi connectivity index (χ3v) is 3.21. The van der Waals surface area contributed by atoms with Gasteiger partial charge in [0.25, 0.3) is 5.69 Å². The maximum Gasteiger partial charge on any atom is 0.282 e. The second kappa shape index (κ2) is 5.90. The van der Waals surface area contributed by atoms with E-state index >= 15 is 0 Å².